The molecule has 0 saturated carbocycles. The van der Waals surface area contributed by atoms with Gasteiger partial charge in [-0.3, -0.25) is 9.69 Å². The number of halogens is 1. The molecule has 5 heteroatoms. The van der Waals surface area contributed by atoms with Crippen molar-refractivity contribution in [1.82, 2.24) is 4.90 Å². The van der Waals surface area contributed by atoms with E-state index < -0.39 is 0 Å². The number of carbonyl (C=O) groups is 1. The Morgan fingerprint density at radius 3 is 2.46 bits per heavy atom. The molecule has 1 heterocycles. The summed E-state index contributed by atoms with van der Waals surface area (Å²) in [5.74, 6) is 0.00285. The minimum absolute atomic E-state index is 0.00285. The summed E-state index contributed by atoms with van der Waals surface area (Å²) >= 11 is 6.10. The number of aryl methyl sites for hydroxylation is 1. The molecule has 1 N–H and O–H groups in total. The zero-order chi connectivity index (χ0) is 16.9. The zero-order valence-electron chi connectivity index (χ0n) is 13.8. The summed E-state index contributed by atoms with van der Waals surface area (Å²) in [5, 5.41) is 3.59. The Morgan fingerprint density at radius 2 is 1.79 bits per heavy atom. The second-order valence-corrected chi connectivity index (χ2v) is 6.52. The lowest BCUT2D eigenvalue weighted by molar-refractivity contribution is -0.117. The van der Waals surface area contributed by atoms with E-state index in [-0.39, 0.29) is 5.91 Å². The van der Waals surface area contributed by atoms with Crippen molar-refractivity contribution in [2.75, 3.05) is 42.9 Å². The lowest BCUT2D eigenvalue weighted by Gasteiger charge is -2.35. The third kappa shape index (κ3) is 4.28. The lowest BCUT2D eigenvalue weighted by Crippen LogP contribution is -2.48. The zero-order valence-corrected chi connectivity index (χ0v) is 14.6. The average Bonchev–Trinajstić information content (AvgIpc) is 2.59. The van der Waals surface area contributed by atoms with Gasteiger partial charge >= 0.3 is 0 Å². The first-order chi connectivity index (χ1) is 11.6. The van der Waals surface area contributed by atoms with Crippen LogP contribution in [-0.4, -0.2) is 43.5 Å². The van der Waals surface area contributed by atoms with E-state index in [1.165, 1.54) is 5.69 Å². The van der Waals surface area contributed by atoms with Crippen LogP contribution in [0.5, 0.6) is 0 Å². The summed E-state index contributed by atoms with van der Waals surface area (Å²) in [6.07, 6.45) is 0. The molecule has 2 aromatic rings. The summed E-state index contributed by atoms with van der Waals surface area (Å²) < 4.78 is 0. The van der Waals surface area contributed by atoms with Crippen LogP contribution in [0.4, 0.5) is 11.4 Å². The van der Waals surface area contributed by atoms with Crippen molar-refractivity contribution >= 4 is 28.9 Å². The Hall–Kier alpha value is -2.04. The maximum atomic E-state index is 12.2. The van der Waals surface area contributed by atoms with Gasteiger partial charge in [-0.05, 0) is 36.8 Å². The van der Waals surface area contributed by atoms with Crippen LogP contribution >= 0.6 is 11.6 Å². The highest BCUT2D eigenvalue weighted by Crippen LogP contribution is 2.20. The van der Waals surface area contributed by atoms with Gasteiger partial charge in [0.05, 0.1) is 6.54 Å². The van der Waals surface area contributed by atoms with Crippen molar-refractivity contribution < 1.29 is 4.79 Å². The molecule has 3 rings (SSSR count). The maximum absolute atomic E-state index is 12.2. The summed E-state index contributed by atoms with van der Waals surface area (Å²) in [5.41, 5.74) is 3.00. The summed E-state index contributed by atoms with van der Waals surface area (Å²) in [6, 6.07) is 16.0. The molecule has 0 atom stereocenters. The predicted octanol–water partition coefficient (Wildman–Crippen LogP) is 3.41. The van der Waals surface area contributed by atoms with Crippen molar-refractivity contribution in [2.45, 2.75) is 6.92 Å². The second-order valence-electron chi connectivity index (χ2n) is 6.11. The topological polar surface area (TPSA) is 35.6 Å². The summed E-state index contributed by atoms with van der Waals surface area (Å²) in [6.45, 7) is 6.00. The Balaban J connectivity index is 1.49. The molecule has 1 aliphatic heterocycles. The van der Waals surface area contributed by atoms with E-state index in [1.54, 1.807) is 6.07 Å². The van der Waals surface area contributed by atoms with Gasteiger partial charge in [0.25, 0.3) is 0 Å². The fourth-order valence-corrected chi connectivity index (χ4v) is 3.06. The van der Waals surface area contributed by atoms with Crippen LogP contribution in [0.15, 0.2) is 48.5 Å². The number of nitrogens with one attached hydrogen (secondary N) is 1. The molecular formula is C19H22ClN3O. The minimum atomic E-state index is 0.00285. The molecule has 0 aliphatic carbocycles. The molecule has 0 unspecified atom stereocenters. The number of amides is 1. The molecule has 0 aromatic heterocycles. The normalized spacial score (nSPS) is 15.3. The third-order valence-electron chi connectivity index (χ3n) is 4.32. The van der Waals surface area contributed by atoms with E-state index >= 15 is 0 Å². The van der Waals surface area contributed by atoms with Gasteiger partial charge in [0.15, 0.2) is 0 Å². The standard InChI is InChI=1S/C19H22ClN3O/c1-15-7-8-16(13-18(15)20)21-19(24)14-22-9-11-23(12-10-22)17-5-3-2-4-6-17/h2-8,13H,9-12,14H2,1H3,(H,21,24). The van der Waals surface area contributed by atoms with Crippen molar-refractivity contribution in [1.29, 1.82) is 0 Å². The van der Waals surface area contributed by atoms with E-state index in [1.807, 2.05) is 25.1 Å². The molecule has 2 aromatic carbocycles. The fourth-order valence-electron chi connectivity index (χ4n) is 2.88. The summed E-state index contributed by atoms with van der Waals surface area (Å²) in [7, 11) is 0. The number of benzene rings is 2. The Bertz CT molecular complexity index is 697. The van der Waals surface area contributed by atoms with E-state index in [4.69, 9.17) is 11.6 Å². The van der Waals surface area contributed by atoms with Crippen LogP contribution in [0, 0.1) is 6.92 Å². The van der Waals surface area contributed by atoms with Gasteiger partial charge < -0.3 is 10.2 Å². The van der Waals surface area contributed by atoms with Crippen LogP contribution in [0.25, 0.3) is 0 Å². The smallest absolute Gasteiger partial charge is 0.238 e. The highest BCUT2D eigenvalue weighted by Gasteiger charge is 2.19. The van der Waals surface area contributed by atoms with Crippen molar-refractivity contribution in [2.24, 2.45) is 0 Å². The molecular weight excluding hydrogens is 322 g/mol. The number of rotatable bonds is 4. The second kappa shape index (κ2) is 7.69. The van der Waals surface area contributed by atoms with Gasteiger partial charge in [-0.15, -0.1) is 0 Å². The van der Waals surface area contributed by atoms with Crippen molar-refractivity contribution in [3.8, 4) is 0 Å². The average molecular weight is 344 g/mol. The van der Waals surface area contributed by atoms with Gasteiger partial charge in [-0.2, -0.15) is 0 Å². The van der Waals surface area contributed by atoms with E-state index in [0.29, 0.717) is 11.6 Å². The van der Waals surface area contributed by atoms with Gasteiger partial charge in [-0.25, -0.2) is 0 Å². The molecule has 126 valence electrons. The monoisotopic (exact) mass is 343 g/mol. The first-order valence-electron chi connectivity index (χ1n) is 8.20. The first-order valence-corrected chi connectivity index (χ1v) is 8.58. The van der Waals surface area contributed by atoms with Gasteiger partial charge in [0, 0.05) is 42.6 Å². The summed E-state index contributed by atoms with van der Waals surface area (Å²) in [4.78, 5) is 16.8. The Morgan fingerprint density at radius 1 is 1.08 bits per heavy atom. The highest BCUT2D eigenvalue weighted by molar-refractivity contribution is 6.31. The SMILES string of the molecule is Cc1ccc(NC(=O)CN2CCN(c3ccccc3)CC2)cc1Cl. The number of hydrogen-bond donors (Lipinski definition) is 1. The molecule has 4 nitrogen and oxygen atoms in total. The Kier molecular flexibility index (Phi) is 5.38. The molecule has 0 radical (unpaired) electrons. The number of nitrogens with zero attached hydrogens (tertiary/aromatic N) is 2. The van der Waals surface area contributed by atoms with Crippen LogP contribution in [0.1, 0.15) is 5.56 Å². The van der Waals surface area contributed by atoms with Gasteiger partial charge in [0.2, 0.25) is 5.91 Å². The molecule has 1 saturated heterocycles. The van der Waals surface area contributed by atoms with Crippen LogP contribution < -0.4 is 10.2 Å². The van der Waals surface area contributed by atoms with Crippen LogP contribution in [0.2, 0.25) is 5.02 Å². The number of hydrogen-bond acceptors (Lipinski definition) is 3. The molecule has 24 heavy (non-hydrogen) atoms. The number of piperazine rings is 1. The van der Waals surface area contributed by atoms with Gasteiger partial charge in [-0.1, -0.05) is 35.9 Å². The predicted molar refractivity (Wildman–Crippen MR) is 99.9 cm³/mol. The minimum Gasteiger partial charge on any atom is -0.369 e. The van der Waals surface area contributed by atoms with Crippen molar-refractivity contribution in [3.05, 3.63) is 59.1 Å². The largest absolute Gasteiger partial charge is 0.369 e. The molecule has 1 aliphatic rings. The fraction of sp³-hybridized carbons (Fsp3) is 0.316. The Labute approximate surface area is 148 Å². The third-order valence-corrected chi connectivity index (χ3v) is 4.72. The van der Waals surface area contributed by atoms with E-state index in [9.17, 15) is 4.79 Å². The van der Waals surface area contributed by atoms with Gasteiger partial charge in [0.1, 0.15) is 0 Å². The molecule has 1 amide bonds. The number of carbonyl (C=O) groups excluding carboxylic acids is 1. The number of para-hydroxylation sites is 1. The van der Waals surface area contributed by atoms with Crippen LogP contribution in [0.3, 0.4) is 0 Å². The molecule has 0 bridgehead atoms. The highest BCUT2D eigenvalue weighted by atomic mass is 35.5. The maximum Gasteiger partial charge on any atom is 0.238 e. The quantitative estimate of drug-likeness (QED) is 0.924. The van der Waals surface area contributed by atoms with E-state index in [0.717, 1.165) is 37.4 Å². The van der Waals surface area contributed by atoms with Crippen molar-refractivity contribution in [3.63, 3.8) is 0 Å². The molecule has 1 fully saturated rings. The lowest BCUT2D eigenvalue weighted by atomic mass is 10.2. The first kappa shape index (κ1) is 16.8. The van der Waals surface area contributed by atoms with E-state index in [2.05, 4.69) is 39.4 Å². The van der Waals surface area contributed by atoms with Crippen LogP contribution in [-0.2, 0) is 4.79 Å². The molecule has 0 spiro atoms. The number of anilines is 2.